The average molecular weight is 270 g/mol. The fraction of sp³-hybridized carbons (Fsp3) is 0.692. The van der Waals surface area contributed by atoms with Crippen molar-refractivity contribution in [1.82, 2.24) is 9.55 Å². The van der Waals surface area contributed by atoms with Gasteiger partial charge >= 0.3 is 0 Å². The van der Waals surface area contributed by atoms with Crippen LogP contribution in [0.15, 0.2) is 17.2 Å². The van der Waals surface area contributed by atoms with Gasteiger partial charge in [0.25, 0.3) is 5.56 Å². The van der Waals surface area contributed by atoms with Gasteiger partial charge in [-0.1, -0.05) is 13.8 Å². The predicted molar refractivity (Wildman–Crippen MR) is 74.4 cm³/mol. The van der Waals surface area contributed by atoms with Crippen LogP contribution in [0.25, 0.3) is 0 Å². The van der Waals surface area contributed by atoms with Crippen molar-refractivity contribution in [3.8, 4) is 0 Å². The van der Waals surface area contributed by atoms with E-state index in [0.29, 0.717) is 23.7 Å². The van der Waals surface area contributed by atoms with Gasteiger partial charge < -0.3 is 9.88 Å². The van der Waals surface area contributed by atoms with Crippen LogP contribution in [0.5, 0.6) is 0 Å². The van der Waals surface area contributed by atoms with Gasteiger partial charge in [-0.3, -0.25) is 4.79 Å². The quantitative estimate of drug-likeness (QED) is 0.808. The lowest BCUT2D eigenvalue weighted by atomic mass is 10.1. The lowest BCUT2D eigenvalue weighted by Gasteiger charge is -2.18. The second-order valence-electron chi connectivity index (χ2n) is 5.34. The number of hydrogen-bond donors (Lipinski definition) is 1. The van der Waals surface area contributed by atoms with Gasteiger partial charge in [-0.05, 0) is 25.2 Å². The predicted octanol–water partition coefficient (Wildman–Crippen LogP) is 2.64. The minimum atomic E-state index is -0.0288. The van der Waals surface area contributed by atoms with Crippen molar-refractivity contribution in [3.63, 3.8) is 0 Å². The molecule has 1 aromatic rings. The molecule has 18 heavy (non-hydrogen) atoms. The Kier molecular flexibility index (Phi) is 4.27. The highest BCUT2D eigenvalue weighted by atomic mass is 35.5. The molecule has 1 heterocycles. The highest BCUT2D eigenvalue weighted by Gasteiger charge is 2.25. The third-order valence-corrected chi connectivity index (χ3v) is 3.46. The molecule has 0 bridgehead atoms. The summed E-state index contributed by atoms with van der Waals surface area (Å²) in [5.41, 5.74) is -0.0288. The summed E-state index contributed by atoms with van der Waals surface area (Å²) in [7, 11) is 0. The van der Waals surface area contributed by atoms with Crippen LogP contribution in [0.4, 0.5) is 5.82 Å². The maximum atomic E-state index is 12.2. The molecule has 1 fully saturated rings. The van der Waals surface area contributed by atoms with Crippen molar-refractivity contribution in [2.75, 3.05) is 11.2 Å². The molecule has 0 spiro atoms. The smallest absolute Gasteiger partial charge is 0.293 e. The van der Waals surface area contributed by atoms with E-state index in [1.165, 1.54) is 0 Å². The first-order valence-electron chi connectivity index (χ1n) is 6.51. The zero-order valence-corrected chi connectivity index (χ0v) is 11.7. The number of rotatable bonds is 6. The minimum absolute atomic E-state index is 0.0288. The van der Waals surface area contributed by atoms with Crippen LogP contribution in [0.3, 0.4) is 0 Å². The first kappa shape index (κ1) is 13.4. The monoisotopic (exact) mass is 269 g/mol. The molecule has 1 atom stereocenters. The third-order valence-electron chi connectivity index (χ3n) is 3.09. The van der Waals surface area contributed by atoms with Gasteiger partial charge in [-0.15, -0.1) is 11.6 Å². The second-order valence-corrected chi connectivity index (χ2v) is 5.65. The number of halogens is 1. The van der Waals surface area contributed by atoms with E-state index in [-0.39, 0.29) is 11.6 Å². The van der Waals surface area contributed by atoms with Crippen LogP contribution < -0.4 is 10.9 Å². The topological polar surface area (TPSA) is 46.9 Å². The molecule has 1 unspecified atom stereocenters. The van der Waals surface area contributed by atoms with Crippen molar-refractivity contribution < 1.29 is 0 Å². The fourth-order valence-corrected chi connectivity index (χ4v) is 2.29. The molecule has 0 radical (unpaired) electrons. The summed E-state index contributed by atoms with van der Waals surface area (Å²) in [5.74, 6) is 1.45. The number of nitrogens with one attached hydrogen (secondary N) is 1. The Balaban J connectivity index is 2.12. The highest BCUT2D eigenvalue weighted by molar-refractivity contribution is 6.18. The lowest BCUT2D eigenvalue weighted by molar-refractivity contribution is 0.540. The van der Waals surface area contributed by atoms with E-state index in [9.17, 15) is 4.79 Å². The molecule has 5 heteroatoms. The summed E-state index contributed by atoms with van der Waals surface area (Å²) in [6.45, 7) is 4.28. The summed E-state index contributed by atoms with van der Waals surface area (Å²) < 4.78 is 1.77. The van der Waals surface area contributed by atoms with Crippen molar-refractivity contribution in [2.45, 2.75) is 45.2 Å². The van der Waals surface area contributed by atoms with Crippen molar-refractivity contribution in [1.29, 1.82) is 0 Å². The number of aromatic nitrogens is 2. The Labute approximate surface area is 112 Å². The van der Waals surface area contributed by atoms with Crippen molar-refractivity contribution >= 4 is 17.4 Å². The zero-order valence-electron chi connectivity index (χ0n) is 10.9. The summed E-state index contributed by atoms with van der Waals surface area (Å²) in [5, 5.41) is 3.17. The molecule has 1 N–H and O–H groups in total. The first-order chi connectivity index (χ1) is 8.61. The zero-order chi connectivity index (χ0) is 13.1. The Hall–Kier alpha value is -1.03. The Morgan fingerprint density at radius 1 is 1.56 bits per heavy atom. The fourth-order valence-electron chi connectivity index (χ4n) is 2.09. The molecule has 1 aliphatic carbocycles. The minimum Gasteiger partial charge on any atom is -0.362 e. The van der Waals surface area contributed by atoms with Gasteiger partial charge in [0, 0.05) is 30.4 Å². The van der Waals surface area contributed by atoms with E-state index in [0.717, 1.165) is 19.3 Å². The van der Waals surface area contributed by atoms with Crippen LogP contribution in [-0.4, -0.2) is 21.5 Å². The average Bonchev–Trinajstić information content (AvgIpc) is 3.14. The number of anilines is 1. The van der Waals surface area contributed by atoms with E-state index in [1.54, 1.807) is 17.0 Å². The second kappa shape index (κ2) is 5.74. The molecule has 0 saturated heterocycles. The van der Waals surface area contributed by atoms with E-state index in [4.69, 9.17) is 11.6 Å². The van der Waals surface area contributed by atoms with Gasteiger partial charge in [0.1, 0.15) is 0 Å². The number of nitrogens with zero attached hydrogens (tertiary/aromatic N) is 2. The molecule has 4 nitrogen and oxygen atoms in total. The molecule has 1 saturated carbocycles. The Morgan fingerprint density at radius 3 is 2.83 bits per heavy atom. The maximum Gasteiger partial charge on any atom is 0.293 e. The van der Waals surface area contributed by atoms with Gasteiger partial charge in [-0.2, -0.15) is 0 Å². The number of alkyl halides is 1. The van der Waals surface area contributed by atoms with E-state index >= 15 is 0 Å². The normalized spacial score (nSPS) is 16.9. The third kappa shape index (κ3) is 3.25. The Bertz CT molecular complexity index is 454. The van der Waals surface area contributed by atoms with E-state index in [2.05, 4.69) is 24.1 Å². The van der Waals surface area contributed by atoms with Gasteiger partial charge in [0.05, 0.1) is 0 Å². The van der Waals surface area contributed by atoms with Crippen LogP contribution in [-0.2, 0) is 0 Å². The molecule has 1 aromatic heterocycles. The Morgan fingerprint density at radius 2 is 2.28 bits per heavy atom. The van der Waals surface area contributed by atoms with Crippen LogP contribution in [0, 0.1) is 5.92 Å². The van der Waals surface area contributed by atoms with Crippen molar-refractivity contribution in [2.24, 2.45) is 5.92 Å². The van der Waals surface area contributed by atoms with Crippen LogP contribution in [0.2, 0.25) is 0 Å². The highest BCUT2D eigenvalue weighted by Crippen LogP contribution is 2.33. The van der Waals surface area contributed by atoms with E-state index in [1.807, 2.05) is 0 Å². The molecule has 0 amide bonds. The molecule has 2 rings (SSSR count). The van der Waals surface area contributed by atoms with Gasteiger partial charge in [0.2, 0.25) is 0 Å². The summed E-state index contributed by atoms with van der Waals surface area (Å²) in [6, 6.07) is 0.475. The van der Waals surface area contributed by atoms with Gasteiger partial charge in [0.15, 0.2) is 5.82 Å². The molecular weight excluding hydrogens is 250 g/mol. The molecule has 100 valence electrons. The summed E-state index contributed by atoms with van der Waals surface area (Å²) in [6.07, 6.45) is 6.57. The van der Waals surface area contributed by atoms with Crippen molar-refractivity contribution in [3.05, 3.63) is 22.7 Å². The summed E-state index contributed by atoms with van der Waals surface area (Å²) in [4.78, 5) is 16.3. The summed E-state index contributed by atoms with van der Waals surface area (Å²) >= 11 is 5.93. The largest absolute Gasteiger partial charge is 0.362 e. The van der Waals surface area contributed by atoms with Crippen LogP contribution >= 0.6 is 11.6 Å². The molecule has 1 aliphatic rings. The maximum absolute atomic E-state index is 12.2. The first-order valence-corrected chi connectivity index (χ1v) is 7.05. The van der Waals surface area contributed by atoms with E-state index < -0.39 is 0 Å². The molecule has 0 aliphatic heterocycles. The van der Waals surface area contributed by atoms with Gasteiger partial charge in [-0.25, -0.2) is 4.98 Å². The number of hydrogen-bond acceptors (Lipinski definition) is 3. The standard InChI is InChI=1S/C13H20ClN3O/c1-9(2)7-10(8-14)16-12-13(18)17(6-5-15-12)11-3-4-11/h5-6,9-11H,3-4,7-8H2,1-2H3,(H,15,16). The lowest BCUT2D eigenvalue weighted by Crippen LogP contribution is -2.30. The molecule has 0 aromatic carbocycles. The van der Waals surface area contributed by atoms with Crippen LogP contribution in [0.1, 0.15) is 39.2 Å². The molecular formula is C13H20ClN3O. The SMILES string of the molecule is CC(C)CC(CCl)Nc1nccn(C2CC2)c1=O.